The van der Waals surface area contributed by atoms with Gasteiger partial charge in [-0.1, -0.05) is 46.9 Å². The Kier molecular flexibility index (Phi) is 4.97. The summed E-state index contributed by atoms with van der Waals surface area (Å²) < 4.78 is 5.79. The topological polar surface area (TPSA) is 36.9 Å². The van der Waals surface area contributed by atoms with Crippen LogP contribution >= 0.6 is 34.8 Å². The fourth-order valence-electron chi connectivity index (χ4n) is 2.23. The van der Waals surface area contributed by atoms with Crippen molar-refractivity contribution in [1.29, 1.82) is 5.26 Å². The third kappa shape index (κ3) is 3.83. The Morgan fingerprint density at radius 2 is 1.54 bits per heavy atom. The molecule has 118 valence electrons. The maximum atomic E-state index is 9.38. The molecule has 0 radical (unpaired) electrons. The standard InChI is InChI=1S/C19H10Cl3NO/c20-15-3-1-12(2-4-15)14(11-23)9-18-5-6-19(24-18)13-7-16(21)10-17(22)8-13/h1-10H/b14-9+. The Morgan fingerprint density at radius 1 is 0.875 bits per heavy atom. The number of hydrogen-bond acceptors (Lipinski definition) is 2. The molecule has 0 atom stereocenters. The average Bonchev–Trinajstić information content (AvgIpc) is 3.01. The number of rotatable bonds is 3. The molecule has 2 aromatic carbocycles. The first-order valence-corrected chi connectivity index (χ1v) is 8.12. The highest BCUT2D eigenvalue weighted by Crippen LogP contribution is 2.30. The first-order chi connectivity index (χ1) is 11.5. The first kappa shape index (κ1) is 16.7. The van der Waals surface area contributed by atoms with Gasteiger partial charge < -0.3 is 4.42 Å². The summed E-state index contributed by atoms with van der Waals surface area (Å²) in [5.41, 5.74) is 2.03. The van der Waals surface area contributed by atoms with E-state index < -0.39 is 0 Å². The highest BCUT2D eigenvalue weighted by atomic mass is 35.5. The third-order valence-corrected chi connectivity index (χ3v) is 4.02. The lowest BCUT2D eigenvalue weighted by atomic mass is 10.1. The second kappa shape index (κ2) is 7.15. The summed E-state index contributed by atoms with van der Waals surface area (Å²) in [4.78, 5) is 0. The minimum absolute atomic E-state index is 0.483. The lowest BCUT2D eigenvalue weighted by molar-refractivity contribution is 0.572. The zero-order chi connectivity index (χ0) is 17.1. The second-order valence-corrected chi connectivity index (χ2v) is 6.35. The molecule has 0 aliphatic heterocycles. The molecule has 5 heteroatoms. The van der Waals surface area contributed by atoms with Crippen LogP contribution in [0.4, 0.5) is 0 Å². The molecule has 24 heavy (non-hydrogen) atoms. The van der Waals surface area contributed by atoms with Crippen LogP contribution in [0.3, 0.4) is 0 Å². The van der Waals surface area contributed by atoms with Crippen molar-refractivity contribution in [3.05, 3.63) is 81.0 Å². The number of nitriles is 1. The molecule has 0 saturated carbocycles. The molecule has 2 nitrogen and oxygen atoms in total. The fraction of sp³-hybridized carbons (Fsp3) is 0. The normalized spacial score (nSPS) is 11.3. The highest BCUT2D eigenvalue weighted by molar-refractivity contribution is 6.35. The molecule has 1 heterocycles. The van der Waals surface area contributed by atoms with Gasteiger partial charge in [0.1, 0.15) is 11.5 Å². The molecule has 0 unspecified atom stereocenters. The van der Waals surface area contributed by atoms with Gasteiger partial charge in [-0.2, -0.15) is 5.26 Å². The Morgan fingerprint density at radius 3 is 2.17 bits per heavy atom. The molecule has 0 spiro atoms. The summed E-state index contributed by atoms with van der Waals surface area (Å²) in [7, 11) is 0. The second-order valence-electron chi connectivity index (χ2n) is 5.04. The molecular formula is C19H10Cl3NO. The minimum Gasteiger partial charge on any atom is -0.457 e. The maximum Gasteiger partial charge on any atom is 0.134 e. The van der Waals surface area contributed by atoms with E-state index in [0.29, 0.717) is 32.2 Å². The number of benzene rings is 2. The molecule has 1 aromatic heterocycles. The van der Waals surface area contributed by atoms with E-state index in [1.165, 1.54) is 0 Å². The van der Waals surface area contributed by atoms with Crippen LogP contribution < -0.4 is 0 Å². The summed E-state index contributed by atoms with van der Waals surface area (Å²) in [6.07, 6.45) is 1.68. The van der Waals surface area contributed by atoms with Gasteiger partial charge >= 0.3 is 0 Å². The van der Waals surface area contributed by atoms with Crippen LogP contribution in [0.25, 0.3) is 23.0 Å². The minimum atomic E-state index is 0.483. The Balaban J connectivity index is 1.94. The van der Waals surface area contributed by atoms with Crippen molar-refractivity contribution in [2.75, 3.05) is 0 Å². The van der Waals surface area contributed by atoms with Gasteiger partial charge in [-0.3, -0.25) is 0 Å². The van der Waals surface area contributed by atoms with Gasteiger partial charge in [0.2, 0.25) is 0 Å². The average molecular weight is 375 g/mol. The molecular weight excluding hydrogens is 365 g/mol. The zero-order valence-corrected chi connectivity index (χ0v) is 14.5. The number of furan rings is 1. The Hall–Kier alpha value is -2.18. The van der Waals surface area contributed by atoms with E-state index in [1.54, 1.807) is 54.6 Å². The van der Waals surface area contributed by atoms with E-state index in [4.69, 9.17) is 39.2 Å². The van der Waals surface area contributed by atoms with E-state index in [0.717, 1.165) is 11.1 Å². The lowest BCUT2D eigenvalue weighted by Crippen LogP contribution is -1.80. The predicted octanol–water partition coefficient (Wildman–Crippen LogP) is 6.97. The van der Waals surface area contributed by atoms with Crippen LogP contribution in [-0.2, 0) is 0 Å². The number of halogens is 3. The van der Waals surface area contributed by atoms with Gasteiger partial charge in [-0.05, 0) is 54.1 Å². The van der Waals surface area contributed by atoms with Gasteiger partial charge in [-0.25, -0.2) is 0 Å². The molecule has 0 bridgehead atoms. The van der Waals surface area contributed by atoms with Crippen LogP contribution in [0.5, 0.6) is 0 Å². The quantitative estimate of drug-likeness (QED) is 0.464. The predicted molar refractivity (Wildman–Crippen MR) is 99.1 cm³/mol. The largest absolute Gasteiger partial charge is 0.457 e. The van der Waals surface area contributed by atoms with E-state index in [9.17, 15) is 5.26 Å². The molecule has 0 amide bonds. The van der Waals surface area contributed by atoms with Crippen LogP contribution in [0.2, 0.25) is 15.1 Å². The van der Waals surface area contributed by atoms with E-state index in [1.807, 2.05) is 6.07 Å². The third-order valence-electron chi connectivity index (χ3n) is 3.34. The first-order valence-electron chi connectivity index (χ1n) is 6.99. The lowest BCUT2D eigenvalue weighted by Gasteiger charge is -2.00. The fourth-order valence-corrected chi connectivity index (χ4v) is 2.89. The van der Waals surface area contributed by atoms with Crippen molar-refractivity contribution < 1.29 is 4.42 Å². The molecule has 0 saturated heterocycles. The summed E-state index contributed by atoms with van der Waals surface area (Å²) in [5.74, 6) is 1.19. The number of hydrogen-bond donors (Lipinski definition) is 0. The molecule has 0 aliphatic rings. The van der Waals surface area contributed by atoms with E-state index in [2.05, 4.69) is 6.07 Å². The van der Waals surface area contributed by atoms with Crippen molar-refractivity contribution in [1.82, 2.24) is 0 Å². The maximum absolute atomic E-state index is 9.38. The van der Waals surface area contributed by atoms with E-state index >= 15 is 0 Å². The van der Waals surface area contributed by atoms with E-state index in [-0.39, 0.29) is 0 Å². The van der Waals surface area contributed by atoms with Gasteiger partial charge in [-0.15, -0.1) is 0 Å². The molecule has 3 aromatic rings. The van der Waals surface area contributed by atoms with Crippen LogP contribution in [0.15, 0.2) is 59.0 Å². The van der Waals surface area contributed by atoms with Crippen molar-refractivity contribution in [3.63, 3.8) is 0 Å². The van der Waals surface area contributed by atoms with Crippen molar-refractivity contribution >= 4 is 46.5 Å². The van der Waals surface area contributed by atoms with Crippen molar-refractivity contribution in [2.24, 2.45) is 0 Å². The van der Waals surface area contributed by atoms with Gasteiger partial charge in [0, 0.05) is 20.6 Å². The van der Waals surface area contributed by atoms with Crippen LogP contribution in [0, 0.1) is 11.3 Å². The van der Waals surface area contributed by atoms with Crippen LogP contribution in [-0.4, -0.2) is 0 Å². The summed E-state index contributed by atoms with van der Waals surface area (Å²) in [5, 5.41) is 11.1. The monoisotopic (exact) mass is 373 g/mol. The molecule has 0 N–H and O–H groups in total. The van der Waals surface area contributed by atoms with Crippen molar-refractivity contribution in [3.8, 4) is 17.4 Å². The Labute approximate surface area is 154 Å². The number of allylic oxidation sites excluding steroid dienone is 1. The van der Waals surface area contributed by atoms with Gasteiger partial charge in [0.15, 0.2) is 0 Å². The van der Waals surface area contributed by atoms with Crippen molar-refractivity contribution in [2.45, 2.75) is 0 Å². The van der Waals surface area contributed by atoms with Gasteiger partial charge in [0.25, 0.3) is 0 Å². The smallest absolute Gasteiger partial charge is 0.134 e. The molecule has 3 rings (SSSR count). The Bertz CT molecular complexity index is 929. The zero-order valence-electron chi connectivity index (χ0n) is 12.3. The SMILES string of the molecule is N#C/C(=C\c1ccc(-c2cc(Cl)cc(Cl)c2)o1)c1ccc(Cl)cc1. The number of nitrogens with zero attached hydrogens (tertiary/aromatic N) is 1. The highest BCUT2D eigenvalue weighted by Gasteiger charge is 2.08. The van der Waals surface area contributed by atoms with Crippen LogP contribution in [0.1, 0.15) is 11.3 Å². The summed E-state index contributed by atoms with van der Waals surface area (Å²) in [6, 6.07) is 18.0. The molecule has 0 fully saturated rings. The van der Waals surface area contributed by atoms with Gasteiger partial charge in [0.05, 0.1) is 11.6 Å². The summed E-state index contributed by atoms with van der Waals surface area (Å²) in [6.45, 7) is 0. The summed E-state index contributed by atoms with van der Waals surface area (Å²) >= 11 is 17.9. The molecule has 0 aliphatic carbocycles.